The smallest absolute Gasteiger partial charge is 0.125 e. The molecule has 0 aromatic rings. The predicted octanol–water partition coefficient (Wildman–Crippen LogP) is 1.68. The zero-order valence-corrected chi connectivity index (χ0v) is 6.32. The molecule has 9 heavy (non-hydrogen) atoms. The lowest BCUT2D eigenvalue weighted by Crippen LogP contribution is -2.57. The summed E-state index contributed by atoms with van der Waals surface area (Å²) in [6.07, 6.45) is -0.566. The minimum absolute atomic E-state index is 0. The van der Waals surface area contributed by atoms with Gasteiger partial charge in [0.25, 0.3) is 0 Å². The summed E-state index contributed by atoms with van der Waals surface area (Å²) in [6, 6.07) is 0. The standard InChI is InChI=1S/C7H14FN.H2/c1-7(2,3)9-4-6(8)5-9;/h6H,4-5H2,1-3H3;1H/i;1+1. The van der Waals surface area contributed by atoms with E-state index in [2.05, 4.69) is 25.7 Å². The van der Waals surface area contributed by atoms with E-state index in [4.69, 9.17) is 0 Å². The Hall–Kier alpha value is -0.110. The average molecular weight is 134 g/mol. The topological polar surface area (TPSA) is 3.24 Å². The first-order valence-electron chi connectivity index (χ1n) is 3.39. The molecule has 0 aliphatic carbocycles. The van der Waals surface area contributed by atoms with Crippen molar-refractivity contribution in [3.63, 3.8) is 0 Å². The fraction of sp³-hybridized carbons (Fsp3) is 1.00. The van der Waals surface area contributed by atoms with Gasteiger partial charge in [0, 0.05) is 20.1 Å². The summed E-state index contributed by atoms with van der Waals surface area (Å²) in [5.41, 5.74) is 0.169. The summed E-state index contributed by atoms with van der Waals surface area (Å²) in [5.74, 6) is 0. The van der Waals surface area contributed by atoms with Crippen molar-refractivity contribution < 1.29 is 5.82 Å². The minimum Gasteiger partial charge on any atom is -0.293 e. The van der Waals surface area contributed by atoms with Gasteiger partial charge >= 0.3 is 0 Å². The Morgan fingerprint density at radius 2 is 1.89 bits per heavy atom. The molecule has 1 heterocycles. The van der Waals surface area contributed by atoms with Crippen molar-refractivity contribution >= 4 is 0 Å². The molecule has 1 saturated heterocycles. The summed E-state index contributed by atoms with van der Waals surface area (Å²) in [4.78, 5) is 2.14. The zero-order chi connectivity index (χ0) is 7.07. The van der Waals surface area contributed by atoms with Crippen molar-refractivity contribution in [2.75, 3.05) is 13.1 Å². The molecule has 0 aromatic carbocycles. The van der Waals surface area contributed by atoms with Crippen molar-refractivity contribution in [3.8, 4) is 0 Å². The number of likely N-dealkylation sites (tertiary alicyclic amines) is 1. The molecule has 2 heteroatoms. The Morgan fingerprint density at radius 3 is 2.00 bits per heavy atom. The number of halogens is 1. The van der Waals surface area contributed by atoms with Crippen LogP contribution in [0.2, 0.25) is 0 Å². The highest BCUT2D eigenvalue weighted by molar-refractivity contribution is 4.88. The van der Waals surface area contributed by atoms with E-state index in [1.54, 1.807) is 0 Å². The number of rotatable bonds is 0. The Balaban J connectivity index is 0.000000810. The summed E-state index contributed by atoms with van der Waals surface area (Å²) in [7, 11) is 0. The van der Waals surface area contributed by atoms with Gasteiger partial charge in [0.1, 0.15) is 6.17 Å². The number of nitrogens with zero attached hydrogens (tertiary/aromatic N) is 1. The molecule has 0 bridgehead atoms. The highest BCUT2D eigenvalue weighted by atomic mass is 19.1. The van der Waals surface area contributed by atoms with Crippen molar-refractivity contribution in [2.45, 2.75) is 32.5 Å². The van der Waals surface area contributed by atoms with E-state index in [0.29, 0.717) is 13.1 Å². The van der Waals surface area contributed by atoms with Crippen LogP contribution in [0.3, 0.4) is 0 Å². The Bertz CT molecular complexity index is 105. The lowest BCUT2D eigenvalue weighted by Gasteiger charge is -2.44. The van der Waals surface area contributed by atoms with Gasteiger partial charge < -0.3 is 0 Å². The van der Waals surface area contributed by atoms with Gasteiger partial charge in [0.2, 0.25) is 0 Å². The summed E-state index contributed by atoms with van der Waals surface area (Å²) < 4.78 is 12.3. The SMILES string of the molecule is CC(C)(C)N1CC(F)C1.[2HH]. The third-order valence-electron chi connectivity index (χ3n) is 1.79. The molecular weight excluding hydrogens is 117 g/mol. The molecule has 0 saturated carbocycles. The average Bonchev–Trinajstić information content (AvgIpc) is 1.55. The Labute approximate surface area is 57.3 Å². The third-order valence-corrected chi connectivity index (χ3v) is 1.79. The van der Waals surface area contributed by atoms with Crippen LogP contribution in [0.1, 0.15) is 22.2 Å². The van der Waals surface area contributed by atoms with E-state index in [0.717, 1.165) is 0 Å². The van der Waals surface area contributed by atoms with Crippen LogP contribution in [0.5, 0.6) is 0 Å². The maximum Gasteiger partial charge on any atom is 0.125 e. The molecule has 0 atom stereocenters. The van der Waals surface area contributed by atoms with Crippen LogP contribution in [-0.4, -0.2) is 29.7 Å². The molecule has 1 aliphatic rings. The first-order chi connectivity index (χ1) is 4.00. The maximum absolute atomic E-state index is 12.3. The highest BCUT2D eigenvalue weighted by Crippen LogP contribution is 2.22. The van der Waals surface area contributed by atoms with E-state index in [1.165, 1.54) is 0 Å². The summed E-state index contributed by atoms with van der Waals surface area (Å²) in [6.45, 7) is 7.59. The first-order valence-corrected chi connectivity index (χ1v) is 3.39. The third kappa shape index (κ3) is 1.42. The summed E-state index contributed by atoms with van der Waals surface area (Å²) >= 11 is 0. The second-order valence-corrected chi connectivity index (χ2v) is 3.67. The van der Waals surface area contributed by atoms with Gasteiger partial charge in [0.15, 0.2) is 0 Å². The van der Waals surface area contributed by atoms with Crippen molar-refractivity contribution in [3.05, 3.63) is 0 Å². The lowest BCUT2D eigenvalue weighted by atomic mass is 10.0. The second-order valence-electron chi connectivity index (χ2n) is 3.67. The molecule has 1 fully saturated rings. The Morgan fingerprint density at radius 1 is 1.44 bits per heavy atom. The van der Waals surface area contributed by atoms with E-state index in [-0.39, 0.29) is 6.97 Å². The molecule has 1 rings (SSSR count). The van der Waals surface area contributed by atoms with Gasteiger partial charge in [-0.2, -0.15) is 0 Å². The molecule has 1 nitrogen and oxygen atoms in total. The largest absolute Gasteiger partial charge is 0.293 e. The van der Waals surface area contributed by atoms with Crippen LogP contribution in [0.25, 0.3) is 0 Å². The van der Waals surface area contributed by atoms with Crippen LogP contribution < -0.4 is 0 Å². The molecule has 0 spiro atoms. The van der Waals surface area contributed by atoms with Gasteiger partial charge in [-0.15, -0.1) is 0 Å². The molecule has 0 amide bonds. The van der Waals surface area contributed by atoms with Crippen LogP contribution in [-0.2, 0) is 0 Å². The maximum atomic E-state index is 12.3. The predicted molar refractivity (Wildman–Crippen MR) is 38.3 cm³/mol. The number of hydrogen-bond acceptors (Lipinski definition) is 1. The monoisotopic (exact) mass is 134 g/mol. The highest BCUT2D eigenvalue weighted by Gasteiger charge is 2.33. The molecule has 0 N–H and O–H groups in total. The Kier molecular flexibility index (Phi) is 1.51. The molecule has 1 aliphatic heterocycles. The van der Waals surface area contributed by atoms with Crippen molar-refractivity contribution in [2.24, 2.45) is 0 Å². The first kappa shape index (κ1) is 7.00. The molecular formula is C7H16FN. The fourth-order valence-electron chi connectivity index (χ4n) is 0.973. The van der Waals surface area contributed by atoms with Gasteiger partial charge in [-0.3, -0.25) is 4.90 Å². The normalized spacial score (nSPS) is 24.0. The molecule has 56 valence electrons. The van der Waals surface area contributed by atoms with Crippen LogP contribution in [0, 0.1) is 0 Å². The van der Waals surface area contributed by atoms with E-state index < -0.39 is 6.17 Å². The quantitative estimate of drug-likeness (QED) is 0.487. The fourth-order valence-corrected chi connectivity index (χ4v) is 0.973. The minimum atomic E-state index is -0.566. The van der Waals surface area contributed by atoms with Gasteiger partial charge in [-0.1, -0.05) is 0 Å². The molecule has 0 radical (unpaired) electrons. The molecule has 0 unspecified atom stereocenters. The number of alkyl halides is 1. The van der Waals surface area contributed by atoms with Crippen molar-refractivity contribution in [1.82, 2.24) is 4.90 Å². The van der Waals surface area contributed by atoms with E-state index >= 15 is 0 Å². The van der Waals surface area contributed by atoms with Gasteiger partial charge in [-0.25, -0.2) is 4.39 Å². The van der Waals surface area contributed by atoms with Gasteiger partial charge in [-0.05, 0) is 20.8 Å². The zero-order valence-electron chi connectivity index (χ0n) is 6.32. The number of hydrogen-bond donors (Lipinski definition) is 0. The van der Waals surface area contributed by atoms with Gasteiger partial charge in [0.05, 0.1) is 0 Å². The summed E-state index contributed by atoms with van der Waals surface area (Å²) in [5, 5.41) is 0. The van der Waals surface area contributed by atoms with Crippen LogP contribution >= 0.6 is 0 Å². The van der Waals surface area contributed by atoms with Crippen molar-refractivity contribution in [1.29, 1.82) is 0 Å². The van der Waals surface area contributed by atoms with Crippen LogP contribution in [0.4, 0.5) is 4.39 Å². The van der Waals surface area contributed by atoms with E-state index in [9.17, 15) is 4.39 Å². The lowest BCUT2D eigenvalue weighted by molar-refractivity contribution is -0.00481. The van der Waals surface area contributed by atoms with E-state index in [1.807, 2.05) is 0 Å². The van der Waals surface area contributed by atoms with Crippen LogP contribution in [0.15, 0.2) is 0 Å². The second kappa shape index (κ2) is 1.94. The molecule has 0 aromatic heterocycles.